The summed E-state index contributed by atoms with van der Waals surface area (Å²) in [5.41, 5.74) is 4.14. The van der Waals surface area contributed by atoms with Crippen molar-refractivity contribution in [2.45, 2.75) is 48.9 Å². The van der Waals surface area contributed by atoms with Crippen molar-refractivity contribution in [3.8, 4) is 0 Å². The van der Waals surface area contributed by atoms with E-state index < -0.39 is 19.9 Å². The maximum Gasteiger partial charge on any atom is 0.291 e. The van der Waals surface area contributed by atoms with Crippen molar-refractivity contribution < 1.29 is 12.6 Å². The highest BCUT2D eigenvalue weighted by atomic mass is 32.3. The lowest BCUT2D eigenvalue weighted by molar-refractivity contribution is 0.583. The van der Waals surface area contributed by atoms with Crippen molar-refractivity contribution in [2.75, 3.05) is 0 Å². The summed E-state index contributed by atoms with van der Waals surface area (Å²) in [6, 6.07) is 23.2. The van der Waals surface area contributed by atoms with E-state index in [0.29, 0.717) is 4.90 Å². The number of hydrogen-bond donors (Lipinski definition) is 1. The molecule has 0 spiro atoms. The fraction of sp³-hybridized carbons (Fsp3) is 0.214. The van der Waals surface area contributed by atoms with Gasteiger partial charge in [-0.25, -0.2) is 8.93 Å². The van der Waals surface area contributed by atoms with Crippen LogP contribution in [0.5, 0.6) is 0 Å². The summed E-state index contributed by atoms with van der Waals surface area (Å²) in [6.45, 7) is 3.80. The SMILES string of the molecule is Cc1ccc(S(=O)(=O)N=S(=O)(N[C@H]2C=C(/C=C/c3ccccc3)CCC2)c2ccc(C)cc2)cc1. The van der Waals surface area contributed by atoms with E-state index in [4.69, 9.17) is 0 Å². The zero-order valence-corrected chi connectivity index (χ0v) is 21.6. The lowest BCUT2D eigenvalue weighted by Gasteiger charge is -2.23. The molecule has 0 saturated carbocycles. The van der Waals surface area contributed by atoms with E-state index in [1.807, 2.05) is 62.4 Å². The zero-order valence-electron chi connectivity index (χ0n) is 19.9. The average Bonchev–Trinajstić information content (AvgIpc) is 2.84. The van der Waals surface area contributed by atoms with Crippen molar-refractivity contribution in [3.63, 3.8) is 0 Å². The van der Waals surface area contributed by atoms with Gasteiger partial charge in [0.25, 0.3) is 10.0 Å². The molecule has 0 aliphatic heterocycles. The predicted molar refractivity (Wildman–Crippen MR) is 143 cm³/mol. The first-order chi connectivity index (χ1) is 16.7. The molecule has 0 bridgehead atoms. The highest BCUT2D eigenvalue weighted by molar-refractivity contribution is 8.02. The number of nitrogens with one attached hydrogen (secondary N) is 1. The molecule has 1 aliphatic rings. The molecule has 1 aliphatic carbocycles. The Morgan fingerprint density at radius 3 is 2.03 bits per heavy atom. The van der Waals surface area contributed by atoms with Crippen LogP contribution in [0.2, 0.25) is 0 Å². The monoisotopic (exact) mass is 506 g/mol. The van der Waals surface area contributed by atoms with Gasteiger partial charge in [-0.1, -0.05) is 93.3 Å². The van der Waals surface area contributed by atoms with Crippen LogP contribution in [0, 0.1) is 13.8 Å². The summed E-state index contributed by atoms with van der Waals surface area (Å²) in [5.74, 6) is 0. The van der Waals surface area contributed by atoms with Crippen LogP contribution in [0.25, 0.3) is 6.08 Å². The lowest BCUT2D eigenvalue weighted by Crippen LogP contribution is -2.35. The molecule has 3 aromatic rings. The second-order valence-electron chi connectivity index (χ2n) is 8.80. The summed E-state index contributed by atoms with van der Waals surface area (Å²) in [7, 11) is -7.62. The zero-order chi connectivity index (χ0) is 24.9. The smallest absolute Gasteiger partial charge is 0.228 e. The molecule has 35 heavy (non-hydrogen) atoms. The molecule has 4 rings (SSSR count). The quantitative estimate of drug-likeness (QED) is 0.414. The Labute approximate surface area is 209 Å². The molecular weight excluding hydrogens is 476 g/mol. The molecule has 0 heterocycles. The Morgan fingerprint density at radius 1 is 0.800 bits per heavy atom. The maximum absolute atomic E-state index is 14.2. The first-order valence-corrected chi connectivity index (χ1v) is 14.6. The maximum atomic E-state index is 14.2. The van der Waals surface area contributed by atoms with Gasteiger partial charge in [0, 0.05) is 6.04 Å². The van der Waals surface area contributed by atoms with Crippen molar-refractivity contribution >= 4 is 26.0 Å². The largest absolute Gasteiger partial charge is 0.291 e. The van der Waals surface area contributed by atoms with Gasteiger partial charge in [-0.05, 0) is 62.9 Å². The number of benzene rings is 3. The molecule has 182 valence electrons. The van der Waals surface area contributed by atoms with Gasteiger partial charge >= 0.3 is 0 Å². The molecule has 0 amide bonds. The molecule has 0 radical (unpaired) electrons. The van der Waals surface area contributed by atoms with E-state index in [-0.39, 0.29) is 10.9 Å². The molecule has 5 nitrogen and oxygen atoms in total. The fourth-order valence-corrected chi connectivity index (χ4v) is 7.59. The highest BCUT2D eigenvalue weighted by Crippen LogP contribution is 2.25. The van der Waals surface area contributed by atoms with E-state index in [9.17, 15) is 12.6 Å². The molecule has 0 fully saturated rings. The fourth-order valence-electron chi connectivity index (χ4n) is 3.90. The van der Waals surface area contributed by atoms with Gasteiger partial charge < -0.3 is 0 Å². The molecule has 1 N–H and O–H groups in total. The molecule has 0 saturated heterocycles. The second-order valence-corrected chi connectivity index (χ2v) is 12.6. The number of aryl methyl sites for hydroxylation is 2. The Kier molecular flexibility index (Phi) is 7.69. The second kappa shape index (κ2) is 10.7. The molecular formula is C28H30N2O3S2. The van der Waals surface area contributed by atoms with E-state index in [1.165, 1.54) is 12.1 Å². The standard InChI is InChI=1S/C28H30N2O3S2/c1-22-11-17-27(18-12-22)34(31,30-35(32,33)28-19-13-23(2)14-20-28)29-26-10-6-9-25(21-26)16-15-24-7-4-3-5-8-24/h3-5,7-8,11-21,26H,6,9-10H2,1-2H3,(H,29,30,31)/b16-15+/t26-,34?/m1/s1. The van der Waals surface area contributed by atoms with Crippen LogP contribution in [-0.2, 0) is 19.9 Å². The van der Waals surface area contributed by atoms with Crippen LogP contribution < -0.4 is 4.72 Å². The predicted octanol–water partition coefficient (Wildman–Crippen LogP) is 6.22. The Hall–Kier alpha value is -3.00. The van der Waals surface area contributed by atoms with Crippen molar-refractivity contribution in [3.05, 3.63) is 113 Å². The van der Waals surface area contributed by atoms with E-state index in [0.717, 1.165) is 41.5 Å². The van der Waals surface area contributed by atoms with Crippen molar-refractivity contribution in [1.82, 2.24) is 4.72 Å². The topological polar surface area (TPSA) is 75.6 Å². The highest BCUT2D eigenvalue weighted by Gasteiger charge is 2.24. The first kappa shape index (κ1) is 25.1. The Balaban J connectivity index is 1.70. The van der Waals surface area contributed by atoms with Crippen LogP contribution in [0.1, 0.15) is 36.0 Å². The molecule has 7 heteroatoms. The van der Waals surface area contributed by atoms with Crippen LogP contribution in [0.15, 0.2) is 110 Å². The van der Waals surface area contributed by atoms with Gasteiger partial charge in [0.2, 0.25) is 0 Å². The van der Waals surface area contributed by atoms with Gasteiger partial charge in [0.15, 0.2) is 9.92 Å². The Bertz CT molecular complexity index is 1450. The third-order valence-electron chi connectivity index (χ3n) is 5.86. The van der Waals surface area contributed by atoms with E-state index >= 15 is 0 Å². The van der Waals surface area contributed by atoms with Crippen molar-refractivity contribution in [1.29, 1.82) is 0 Å². The third-order valence-corrected chi connectivity index (χ3v) is 9.88. The van der Waals surface area contributed by atoms with Gasteiger partial charge in [0.05, 0.1) is 9.79 Å². The van der Waals surface area contributed by atoms with Gasteiger partial charge in [0.1, 0.15) is 0 Å². The molecule has 1 unspecified atom stereocenters. The van der Waals surface area contributed by atoms with E-state index in [2.05, 4.69) is 20.6 Å². The summed E-state index contributed by atoms with van der Waals surface area (Å²) in [4.78, 5) is 0.370. The number of allylic oxidation sites excluding steroid dienone is 2. The van der Waals surface area contributed by atoms with Crippen LogP contribution in [0.4, 0.5) is 0 Å². The summed E-state index contributed by atoms with van der Waals surface area (Å²) in [6.07, 6.45) is 8.70. The van der Waals surface area contributed by atoms with Crippen LogP contribution in [0.3, 0.4) is 0 Å². The molecule has 2 atom stereocenters. The molecule has 3 aromatic carbocycles. The summed E-state index contributed by atoms with van der Waals surface area (Å²) < 4.78 is 47.6. The number of sulfonamides is 1. The van der Waals surface area contributed by atoms with Crippen molar-refractivity contribution in [2.24, 2.45) is 3.77 Å². The number of rotatable bonds is 7. The van der Waals surface area contributed by atoms with Gasteiger partial charge in [-0.2, -0.15) is 8.42 Å². The Morgan fingerprint density at radius 2 is 1.40 bits per heavy atom. The normalized spacial score (nSPS) is 18.1. The number of hydrogen-bond acceptors (Lipinski definition) is 3. The van der Waals surface area contributed by atoms with Gasteiger partial charge in [-0.3, -0.25) is 0 Å². The average molecular weight is 507 g/mol. The minimum atomic E-state index is -4.15. The summed E-state index contributed by atoms with van der Waals surface area (Å²) >= 11 is 0. The summed E-state index contributed by atoms with van der Waals surface area (Å²) in [5, 5.41) is 0. The van der Waals surface area contributed by atoms with Crippen LogP contribution in [-0.4, -0.2) is 18.7 Å². The number of nitrogens with zero attached hydrogens (tertiary/aromatic N) is 1. The van der Waals surface area contributed by atoms with Crippen LogP contribution >= 0.6 is 0 Å². The first-order valence-electron chi connectivity index (χ1n) is 11.6. The minimum absolute atomic E-state index is 0.0235. The minimum Gasteiger partial charge on any atom is -0.228 e. The lowest BCUT2D eigenvalue weighted by atomic mass is 9.95. The van der Waals surface area contributed by atoms with E-state index in [1.54, 1.807) is 24.3 Å². The third kappa shape index (κ3) is 6.57. The molecule has 0 aromatic heterocycles. The van der Waals surface area contributed by atoms with Gasteiger partial charge in [-0.15, -0.1) is 0 Å².